The third-order valence-electron chi connectivity index (χ3n) is 5.91. The quantitative estimate of drug-likeness (QED) is 0.294. The van der Waals surface area contributed by atoms with Crippen LogP contribution in [0.3, 0.4) is 0 Å². The monoisotopic (exact) mass is 477 g/mol. The second-order valence-electron chi connectivity index (χ2n) is 8.08. The van der Waals surface area contributed by atoms with Crippen LogP contribution in [0.5, 0.6) is 11.5 Å². The molecule has 0 saturated carbocycles. The van der Waals surface area contributed by atoms with E-state index in [1.165, 1.54) is 18.1 Å². The van der Waals surface area contributed by atoms with E-state index in [9.17, 15) is 14.7 Å². The van der Waals surface area contributed by atoms with Crippen LogP contribution in [0.2, 0.25) is 5.02 Å². The summed E-state index contributed by atoms with van der Waals surface area (Å²) >= 11 is 6.26. The van der Waals surface area contributed by atoms with Crippen LogP contribution in [0.15, 0.2) is 66.2 Å². The number of nitrogens with zero attached hydrogens (tertiary/aromatic N) is 1. The summed E-state index contributed by atoms with van der Waals surface area (Å²) in [7, 11) is 3.05. The van der Waals surface area contributed by atoms with Crippen molar-refractivity contribution in [2.24, 2.45) is 0 Å². The van der Waals surface area contributed by atoms with Gasteiger partial charge in [0.1, 0.15) is 17.3 Å². The van der Waals surface area contributed by atoms with Crippen LogP contribution >= 0.6 is 11.6 Å². The van der Waals surface area contributed by atoms with E-state index in [0.717, 1.165) is 11.1 Å². The van der Waals surface area contributed by atoms with E-state index >= 15 is 0 Å². The number of rotatable bonds is 5. The van der Waals surface area contributed by atoms with Crippen molar-refractivity contribution in [3.05, 3.63) is 93.5 Å². The number of benzene rings is 3. The van der Waals surface area contributed by atoms with Gasteiger partial charge in [-0.3, -0.25) is 14.5 Å². The van der Waals surface area contributed by atoms with Crippen molar-refractivity contribution in [3.8, 4) is 11.5 Å². The zero-order valence-corrected chi connectivity index (χ0v) is 20.0. The Labute approximate surface area is 203 Å². The molecule has 1 aliphatic rings. The zero-order valence-electron chi connectivity index (χ0n) is 19.3. The summed E-state index contributed by atoms with van der Waals surface area (Å²) in [6, 6.07) is 16.6. The number of Topliss-reactive ketones (excluding diaryl/α,β-unsaturated/α-hetero) is 1. The van der Waals surface area contributed by atoms with E-state index in [1.807, 2.05) is 32.0 Å². The Balaban J connectivity index is 1.95. The maximum absolute atomic E-state index is 13.3. The molecule has 0 aromatic heterocycles. The van der Waals surface area contributed by atoms with Crippen LogP contribution in [0, 0.1) is 13.8 Å². The lowest BCUT2D eigenvalue weighted by Crippen LogP contribution is -2.30. The zero-order chi connectivity index (χ0) is 24.6. The summed E-state index contributed by atoms with van der Waals surface area (Å²) in [5.41, 5.74) is 3.42. The Morgan fingerprint density at radius 1 is 0.941 bits per heavy atom. The normalized spacial score (nSPS) is 17.2. The Bertz CT molecular complexity index is 1310. The first kappa shape index (κ1) is 23.4. The number of ether oxygens (including phenoxy) is 2. The number of hydrogen-bond acceptors (Lipinski definition) is 5. The third-order valence-corrected chi connectivity index (χ3v) is 6.21. The summed E-state index contributed by atoms with van der Waals surface area (Å²) < 4.78 is 10.4. The first-order valence-electron chi connectivity index (χ1n) is 10.6. The van der Waals surface area contributed by atoms with Crippen molar-refractivity contribution >= 4 is 34.7 Å². The minimum Gasteiger partial charge on any atom is -0.507 e. The minimum absolute atomic E-state index is 0.0172. The highest BCUT2D eigenvalue weighted by Crippen LogP contribution is 2.44. The number of methoxy groups -OCH3 is 2. The van der Waals surface area contributed by atoms with Crippen LogP contribution in [0.1, 0.15) is 28.3 Å². The Hall–Kier alpha value is -3.77. The van der Waals surface area contributed by atoms with E-state index in [2.05, 4.69) is 0 Å². The van der Waals surface area contributed by atoms with E-state index in [-0.39, 0.29) is 16.4 Å². The molecule has 0 aliphatic carbocycles. The molecule has 3 aromatic rings. The van der Waals surface area contributed by atoms with Crippen molar-refractivity contribution in [2.45, 2.75) is 19.9 Å². The van der Waals surface area contributed by atoms with Gasteiger partial charge in [0.2, 0.25) is 0 Å². The highest BCUT2D eigenvalue weighted by molar-refractivity contribution is 6.51. The SMILES string of the molecule is COc1ccc(C2/C(=C(\O)c3ccc(OC)c(Cl)c3)C(=O)C(=O)N2c2ccc(C)cc2C)cc1. The molecule has 0 bridgehead atoms. The van der Waals surface area contributed by atoms with Crippen LogP contribution in [0.25, 0.3) is 5.76 Å². The molecule has 6 nitrogen and oxygen atoms in total. The molecular weight excluding hydrogens is 454 g/mol. The molecule has 1 N–H and O–H groups in total. The van der Waals surface area contributed by atoms with Gasteiger partial charge in [-0.05, 0) is 61.4 Å². The lowest BCUT2D eigenvalue weighted by molar-refractivity contribution is -0.132. The predicted molar refractivity (Wildman–Crippen MR) is 132 cm³/mol. The van der Waals surface area contributed by atoms with Gasteiger partial charge in [0.25, 0.3) is 11.7 Å². The van der Waals surface area contributed by atoms with Crippen molar-refractivity contribution in [1.29, 1.82) is 0 Å². The number of carbonyl (C=O) groups excluding carboxylic acids is 2. The summed E-state index contributed by atoms with van der Waals surface area (Å²) in [5, 5.41) is 11.5. The Morgan fingerprint density at radius 2 is 1.65 bits per heavy atom. The molecule has 1 atom stereocenters. The summed E-state index contributed by atoms with van der Waals surface area (Å²) in [6.07, 6.45) is 0. The Kier molecular flexibility index (Phi) is 6.35. The van der Waals surface area contributed by atoms with Crippen LogP contribution in [0.4, 0.5) is 5.69 Å². The van der Waals surface area contributed by atoms with Gasteiger partial charge in [0.05, 0.1) is 30.9 Å². The number of amides is 1. The fourth-order valence-corrected chi connectivity index (χ4v) is 4.49. The van der Waals surface area contributed by atoms with Crippen molar-refractivity contribution in [3.63, 3.8) is 0 Å². The van der Waals surface area contributed by atoms with Gasteiger partial charge in [-0.1, -0.05) is 41.4 Å². The van der Waals surface area contributed by atoms with Crippen molar-refractivity contribution in [2.75, 3.05) is 19.1 Å². The highest BCUT2D eigenvalue weighted by Gasteiger charge is 2.47. The lowest BCUT2D eigenvalue weighted by Gasteiger charge is -2.27. The molecule has 34 heavy (non-hydrogen) atoms. The molecule has 1 aliphatic heterocycles. The number of anilines is 1. The van der Waals surface area contributed by atoms with Crippen LogP contribution in [-0.4, -0.2) is 31.0 Å². The average Bonchev–Trinajstić information content (AvgIpc) is 3.09. The van der Waals surface area contributed by atoms with E-state index in [4.69, 9.17) is 21.1 Å². The lowest BCUT2D eigenvalue weighted by atomic mass is 9.94. The summed E-state index contributed by atoms with van der Waals surface area (Å²) in [6.45, 7) is 3.84. The topological polar surface area (TPSA) is 76.1 Å². The van der Waals surface area contributed by atoms with Crippen molar-refractivity contribution < 1.29 is 24.2 Å². The van der Waals surface area contributed by atoms with Gasteiger partial charge in [-0.15, -0.1) is 0 Å². The second kappa shape index (κ2) is 9.23. The molecule has 1 unspecified atom stereocenters. The number of aliphatic hydroxyl groups excluding tert-OH is 1. The number of hydrogen-bond donors (Lipinski definition) is 1. The van der Waals surface area contributed by atoms with E-state index in [1.54, 1.807) is 43.5 Å². The van der Waals surface area contributed by atoms with Gasteiger partial charge in [0, 0.05) is 11.3 Å². The first-order valence-corrected chi connectivity index (χ1v) is 11.0. The minimum atomic E-state index is -0.840. The fraction of sp³-hybridized carbons (Fsp3) is 0.185. The molecule has 1 amide bonds. The van der Waals surface area contributed by atoms with E-state index < -0.39 is 17.7 Å². The molecule has 1 heterocycles. The maximum Gasteiger partial charge on any atom is 0.300 e. The van der Waals surface area contributed by atoms with Gasteiger partial charge >= 0.3 is 0 Å². The number of aryl methyl sites for hydroxylation is 2. The largest absolute Gasteiger partial charge is 0.507 e. The van der Waals surface area contributed by atoms with Gasteiger partial charge in [-0.25, -0.2) is 0 Å². The number of carbonyl (C=O) groups is 2. The van der Waals surface area contributed by atoms with E-state index in [0.29, 0.717) is 28.3 Å². The predicted octanol–water partition coefficient (Wildman–Crippen LogP) is 5.60. The molecule has 1 saturated heterocycles. The van der Waals surface area contributed by atoms with Crippen LogP contribution < -0.4 is 14.4 Å². The molecule has 3 aromatic carbocycles. The number of ketones is 1. The highest BCUT2D eigenvalue weighted by atomic mass is 35.5. The molecule has 0 spiro atoms. The van der Waals surface area contributed by atoms with Gasteiger partial charge < -0.3 is 14.6 Å². The smallest absolute Gasteiger partial charge is 0.300 e. The summed E-state index contributed by atoms with van der Waals surface area (Å²) in [4.78, 5) is 28.1. The fourth-order valence-electron chi connectivity index (χ4n) is 4.23. The Morgan fingerprint density at radius 3 is 2.24 bits per heavy atom. The molecule has 7 heteroatoms. The molecule has 174 valence electrons. The maximum atomic E-state index is 13.3. The molecule has 0 radical (unpaired) electrons. The summed E-state index contributed by atoms with van der Waals surface area (Å²) in [5.74, 6) is -0.732. The first-order chi connectivity index (χ1) is 16.3. The molecular formula is C27H24ClNO5. The average molecular weight is 478 g/mol. The molecule has 1 fully saturated rings. The van der Waals surface area contributed by atoms with Crippen LogP contribution in [-0.2, 0) is 9.59 Å². The molecule has 4 rings (SSSR count). The second-order valence-corrected chi connectivity index (χ2v) is 8.49. The third kappa shape index (κ3) is 4.01. The number of aliphatic hydroxyl groups is 1. The van der Waals surface area contributed by atoms with Gasteiger partial charge in [-0.2, -0.15) is 0 Å². The van der Waals surface area contributed by atoms with Crippen molar-refractivity contribution in [1.82, 2.24) is 0 Å². The standard InChI is InChI=1S/C27H24ClNO5/c1-15-5-11-21(16(2)13-15)29-24(17-6-9-19(33-3)10-7-17)23(26(31)27(29)32)25(30)18-8-12-22(34-4)20(28)14-18/h5-14,24,30H,1-4H3/b25-23+. The van der Waals surface area contributed by atoms with Gasteiger partial charge in [0.15, 0.2) is 0 Å². The number of halogens is 1.